The number of hydrogen-bond acceptors (Lipinski definition) is 4. The SMILES string of the molecule is CCc1c(C)cc(C(=O)N2C[C@H](N)C[C@H]2C(=O)NC)c(=O)n1C. The van der Waals surface area contributed by atoms with Gasteiger partial charge in [0.1, 0.15) is 11.6 Å². The van der Waals surface area contributed by atoms with Crippen LogP contribution < -0.4 is 16.6 Å². The lowest BCUT2D eigenvalue weighted by molar-refractivity contribution is -0.124. The highest BCUT2D eigenvalue weighted by molar-refractivity contribution is 5.98. The molecule has 23 heavy (non-hydrogen) atoms. The third-order valence-corrected chi connectivity index (χ3v) is 4.46. The fraction of sp³-hybridized carbons (Fsp3) is 0.562. The molecule has 0 spiro atoms. The van der Waals surface area contributed by atoms with Crippen LogP contribution in [0.5, 0.6) is 0 Å². The number of aryl methyl sites for hydroxylation is 1. The van der Waals surface area contributed by atoms with Gasteiger partial charge in [-0.2, -0.15) is 0 Å². The second-order valence-electron chi connectivity index (χ2n) is 5.99. The summed E-state index contributed by atoms with van der Waals surface area (Å²) in [5.74, 6) is -0.692. The Labute approximate surface area is 135 Å². The van der Waals surface area contributed by atoms with Crippen LogP contribution in [0, 0.1) is 6.92 Å². The molecule has 1 saturated heterocycles. The fourth-order valence-electron chi connectivity index (χ4n) is 3.26. The molecule has 0 bridgehead atoms. The average molecular weight is 320 g/mol. The Morgan fingerprint density at radius 2 is 2.09 bits per heavy atom. The normalized spacial score (nSPS) is 20.7. The van der Waals surface area contributed by atoms with E-state index in [0.717, 1.165) is 11.3 Å². The number of carbonyl (C=O) groups is 2. The van der Waals surface area contributed by atoms with Crippen molar-refractivity contribution in [1.29, 1.82) is 0 Å². The maximum atomic E-state index is 12.8. The summed E-state index contributed by atoms with van der Waals surface area (Å²) in [6.45, 7) is 4.11. The first-order chi connectivity index (χ1) is 10.8. The summed E-state index contributed by atoms with van der Waals surface area (Å²) in [6.07, 6.45) is 1.11. The molecule has 126 valence electrons. The molecule has 0 aliphatic carbocycles. The summed E-state index contributed by atoms with van der Waals surface area (Å²) in [5.41, 5.74) is 7.44. The molecule has 0 saturated carbocycles. The largest absolute Gasteiger partial charge is 0.357 e. The van der Waals surface area contributed by atoms with Crippen LogP contribution in [0.3, 0.4) is 0 Å². The first-order valence-electron chi connectivity index (χ1n) is 7.79. The zero-order valence-electron chi connectivity index (χ0n) is 14.0. The van der Waals surface area contributed by atoms with Crippen molar-refractivity contribution >= 4 is 11.8 Å². The van der Waals surface area contributed by atoms with E-state index in [1.807, 2.05) is 13.8 Å². The third-order valence-electron chi connectivity index (χ3n) is 4.46. The second-order valence-corrected chi connectivity index (χ2v) is 5.99. The van der Waals surface area contributed by atoms with E-state index in [-0.39, 0.29) is 29.6 Å². The van der Waals surface area contributed by atoms with Gasteiger partial charge in [-0.3, -0.25) is 14.4 Å². The number of hydrogen-bond donors (Lipinski definition) is 2. The van der Waals surface area contributed by atoms with E-state index in [1.54, 1.807) is 13.1 Å². The van der Waals surface area contributed by atoms with Gasteiger partial charge in [-0.15, -0.1) is 0 Å². The molecular weight excluding hydrogens is 296 g/mol. The number of nitrogens with one attached hydrogen (secondary N) is 1. The van der Waals surface area contributed by atoms with Gasteiger partial charge >= 0.3 is 0 Å². The molecule has 2 atom stereocenters. The third kappa shape index (κ3) is 3.01. The number of likely N-dealkylation sites (N-methyl/N-ethyl adjacent to an activating group) is 1. The minimum atomic E-state index is -0.627. The quantitative estimate of drug-likeness (QED) is 0.788. The lowest BCUT2D eigenvalue weighted by atomic mass is 10.1. The van der Waals surface area contributed by atoms with Crippen LogP contribution in [0.25, 0.3) is 0 Å². The minimum Gasteiger partial charge on any atom is -0.357 e. The van der Waals surface area contributed by atoms with Gasteiger partial charge in [0.05, 0.1) is 0 Å². The highest BCUT2D eigenvalue weighted by Gasteiger charge is 2.39. The molecule has 7 heteroatoms. The van der Waals surface area contributed by atoms with Gasteiger partial charge in [-0.1, -0.05) is 6.92 Å². The number of nitrogens with two attached hydrogens (primary N) is 1. The fourth-order valence-corrected chi connectivity index (χ4v) is 3.26. The van der Waals surface area contributed by atoms with Gasteiger partial charge in [-0.25, -0.2) is 0 Å². The molecule has 1 aromatic heterocycles. The molecule has 3 N–H and O–H groups in total. The maximum absolute atomic E-state index is 12.8. The number of amides is 2. The number of carbonyl (C=O) groups excluding carboxylic acids is 2. The van der Waals surface area contributed by atoms with E-state index >= 15 is 0 Å². The Bertz CT molecular complexity index is 695. The van der Waals surface area contributed by atoms with Crippen LogP contribution >= 0.6 is 0 Å². The molecule has 1 aliphatic heterocycles. The first kappa shape index (κ1) is 17.2. The molecule has 1 aromatic rings. The van der Waals surface area contributed by atoms with Crippen molar-refractivity contribution in [2.45, 2.75) is 38.8 Å². The van der Waals surface area contributed by atoms with Crippen molar-refractivity contribution in [2.75, 3.05) is 13.6 Å². The number of rotatable bonds is 3. The molecule has 0 aromatic carbocycles. The van der Waals surface area contributed by atoms with Crippen molar-refractivity contribution in [3.8, 4) is 0 Å². The van der Waals surface area contributed by atoms with Crippen molar-refractivity contribution in [3.05, 3.63) is 33.2 Å². The van der Waals surface area contributed by atoms with Gasteiger partial charge in [0.15, 0.2) is 0 Å². The first-order valence-corrected chi connectivity index (χ1v) is 7.79. The van der Waals surface area contributed by atoms with Crippen molar-refractivity contribution in [1.82, 2.24) is 14.8 Å². The molecule has 2 rings (SSSR count). The van der Waals surface area contributed by atoms with Crippen LogP contribution in [-0.2, 0) is 18.3 Å². The van der Waals surface area contributed by atoms with Crippen LogP contribution in [0.1, 0.15) is 35.0 Å². The number of pyridine rings is 1. The van der Waals surface area contributed by atoms with Crippen LogP contribution in [0.2, 0.25) is 0 Å². The Hall–Kier alpha value is -2.15. The van der Waals surface area contributed by atoms with Crippen molar-refractivity contribution in [2.24, 2.45) is 12.8 Å². The summed E-state index contributed by atoms with van der Waals surface area (Å²) >= 11 is 0. The highest BCUT2D eigenvalue weighted by Crippen LogP contribution is 2.20. The molecule has 2 heterocycles. The number of nitrogens with zero attached hydrogens (tertiary/aromatic N) is 2. The summed E-state index contributed by atoms with van der Waals surface area (Å²) in [4.78, 5) is 38.7. The summed E-state index contributed by atoms with van der Waals surface area (Å²) in [7, 11) is 3.19. The Kier molecular flexibility index (Phi) is 4.89. The summed E-state index contributed by atoms with van der Waals surface area (Å²) in [5, 5.41) is 2.55. The van der Waals surface area contributed by atoms with E-state index in [4.69, 9.17) is 5.73 Å². The zero-order valence-corrected chi connectivity index (χ0v) is 14.0. The van der Waals surface area contributed by atoms with E-state index in [9.17, 15) is 14.4 Å². The lowest BCUT2D eigenvalue weighted by Gasteiger charge is -2.23. The van der Waals surface area contributed by atoms with Gasteiger partial charge in [0.2, 0.25) is 5.91 Å². The van der Waals surface area contributed by atoms with Gasteiger partial charge < -0.3 is 20.5 Å². The Morgan fingerprint density at radius 1 is 1.43 bits per heavy atom. The van der Waals surface area contributed by atoms with Crippen molar-refractivity contribution < 1.29 is 9.59 Å². The van der Waals surface area contributed by atoms with Crippen LogP contribution in [0.15, 0.2) is 10.9 Å². The molecule has 1 fully saturated rings. The standard InChI is InChI=1S/C16H24N4O3/c1-5-12-9(2)6-11(15(22)19(12)4)16(23)20-8-10(17)7-13(20)14(21)18-3/h6,10,13H,5,7-8,17H2,1-4H3,(H,18,21)/t10-,13+/m1/s1. The van der Waals surface area contributed by atoms with E-state index in [2.05, 4.69) is 5.32 Å². The molecule has 1 aliphatic rings. The maximum Gasteiger partial charge on any atom is 0.263 e. The van der Waals surface area contributed by atoms with Gasteiger partial charge in [0, 0.05) is 32.4 Å². The second kappa shape index (κ2) is 6.54. The van der Waals surface area contributed by atoms with Crippen LogP contribution in [-0.4, -0.2) is 47.0 Å². The van der Waals surface area contributed by atoms with Gasteiger partial charge in [0.25, 0.3) is 11.5 Å². The molecule has 0 radical (unpaired) electrons. The molecular formula is C16H24N4O3. The average Bonchev–Trinajstić information content (AvgIpc) is 2.91. The predicted octanol–water partition coefficient (Wildman–Crippen LogP) is -0.456. The number of likely N-dealkylation sites (tertiary alicyclic amines) is 1. The molecule has 0 unspecified atom stereocenters. The summed E-state index contributed by atoms with van der Waals surface area (Å²) in [6, 6.07) is 0.730. The predicted molar refractivity (Wildman–Crippen MR) is 87.3 cm³/mol. The highest BCUT2D eigenvalue weighted by atomic mass is 16.2. The Balaban J connectivity index is 2.44. The lowest BCUT2D eigenvalue weighted by Crippen LogP contribution is -2.46. The van der Waals surface area contributed by atoms with E-state index in [0.29, 0.717) is 12.8 Å². The number of aromatic nitrogens is 1. The monoisotopic (exact) mass is 320 g/mol. The summed E-state index contributed by atoms with van der Waals surface area (Å²) < 4.78 is 1.51. The van der Waals surface area contributed by atoms with Crippen molar-refractivity contribution in [3.63, 3.8) is 0 Å². The topological polar surface area (TPSA) is 97.4 Å². The van der Waals surface area contributed by atoms with E-state index < -0.39 is 11.9 Å². The van der Waals surface area contributed by atoms with E-state index in [1.165, 1.54) is 16.5 Å². The molecule has 7 nitrogen and oxygen atoms in total. The Morgan fingerprint density at radius 3 is 2.65 bits per heavy atom. The van der Waals surface area contributed by atoms with Crippen LogP contribution in [0.4, 0.5) is 0 Å². The smallest absolute Gasteiger partial charge is 0.263 e. The molecule has 2 amide bonds. The van der Waals surface area contributed by atoms with Gasteiger partial charge in [-0.05, 0) is 31.4 Å². The minimum absolute atomic E-state index is 0.0882. The zero-order chi connectivity index (χ0) is 17.3.